The number of fused-ring (bicyclic) bond motifs is 8. The quantitative estimate of drug-likeness (QED) is 0.190. The molecule has 0 aliphatic rings. The maximum atomic E-state index is 6.53. The Balaban J connectivity index is 1.11. The van der Waals surface area contributed by atoms with Gasteiger partial charge in [0.25, 0.3) is 0 Å². The summed E-state index contributed by atoms with van der Waals surface area (Å²) < 4.78 is 8.89. The van der Waals surface area contributed by atoms with Crippen LogP contribution in [0.1, 0.15) is 0 Å². The van der Waals surface area contributed by atoms with Crippen molar-refractivity contribution in [3.63, 3.8) is 0 Å². The number of rotatable bonds is 5. The fraction of sp³-hybridized carbons (Fsp3) is 0. The van der Waals surface area contributed by atoms with Gasteiger partial charge in [0.1, 0.15) is 11.2 Å². The van der Waals surface area contributed by atoms with Crippen molar-refractivity contribution < 1.29 is 4.42 Å². The number of hydrogen-bond acceptors (Lipinski definition) is 2. The SMILES string of the molecule is c1ccc(N(c2ccc(-n3c4ccccc4c4ccccc43)cc2)c2cccc(-c3cccc4oc5c6ccccc6ccc5c34)c2)cc1. The number of hydrogen-bond donors (Lipinski definition) is 0. The molecular weight excluding hydrogens is 597 g/mol. The van der Waals surface area contributed by atoms with E-state index in [1.807, 2.05) is 0 Å². The molecule has 3 heteroatoms. The molecule has 10 aromatic rings. The van der Waals surface area contributed by atoms with Gasteiger partial charge in [-0.15, -0.1) is 0 Å². The van der Waals surface area contributed by atoms with Crippen molar-refractivity contribution in [2.24, 2.45) is 0 Å². The lowest BCUT2D eigenvalue weighted by molar-refractivity contribution is 0.673. The van der Waals surface area contributed by atoms with Crippen LogP contribution in [0.5, 0.6) is 0 Å². The van der Waals surface area contributed by atoms with Crippen molar-refractivity contribution in [3.8, 4) is 16.8 Å². The van der Waals surface area contributed by atoms with Crippen molar-refractivity contribution in [2.45, 2.75) is 0 Å². The lowest BCUT2D eigenvalue weighted by Gasteiger charge is -2.26. The van der Waals surface area contributed by atoms with E-state index in [2.05, 4.69) is 191 Å². The van der Waals surface area contributed by atoms with Gasteiger partial charge >= 0.3 is 0 Å². The predicted octanol–water partition coefficient (Wildman–Crippen LogP) is 13.0. The number of anilines is 3. The van der Waals surface area contributed by atoms with E-state index < -0.39 is 0 Å². The molecule has 2 aromatic heterocycles. The molecule has 0 N–H and O–H groups in total. The van der Waals surface area contributed by atoms with Crippen LogP contribution in [0, 0.1) is 0 Å². The molecule has 0 atom stereocenters. The van der Waals surface area contributed by atoms with Crippen molar-refractivity contribution >= 4 is 71.6 Å². The second-order valence-corrected chi connectivity index (χ2v) is 12.6. The second-order valence-electron chi connectivity index (χ2n) is 12.6. The molecule has 2 heterocycles. The van der Waals surface area contributed by atoms with Crippen LogP contribution in [0.2, 0.25) is 0 Å². The molecule has 0 fully saturated rings. The summed E-state index contributed by atoms with van der Waals surface area (Å²) in [6, 6.07) is 64.9. The van der Waals surface area contributed by atoms with Crippen LogP contribution in [-0.2, 0) is 0 Å². The van der Waals surface area contributed by atoms with E-state index in [0.29, 0.717) is 0 Å². The Bertz CT molecular complexity index is 2770. The van der Waals surface area contributed by atoms with Gasteiger partial charge in [-0.1, -0.05) is 109 Å². The Hall–Kier alpha value is -6.58. The zero-order valence-corrected chi connectivity index (χ0v) is 26.6. The van der Waals surface area contributed by atoms with Crippen LogP contribution in [0.25, 0.3) is 71.3 Å². The fourth-order valence-electron chi connectivity index (χ4n) is 7.58. The minimum Gasteiger partial charge on any atom is -0.455 e. The Morgan fingerprint density at radius 3 is 1.84 bits per heavy atom. The molecular formula is C46H30N2O. The normalized spacial score (nSPS) is 11.7. The predicted molar refractivity (Wildman–Crippen MR) is 206 cm³/mol. The van der Waals surface area contributed by atoms with Gasteiger partial charge in [0.2, 0.25) is 0 Å². The first-order valence-corrected chi connectivity index (χ1v) is 16.7. The molecule has 49 heavy (non-hydrogen) atoms. The minimum absolute atomic E-state index is 0.898. The number of nitrogens with zero attached hydrogens (tertiary/aromatic N) is 2. The van der Waals surface area contributed by atoms with E-state index in [9.17, 15) is 0 Å². The highest BCUT2D eigenvalue weighted by Crippen LogP contribution is 2.42. The molecule has 0 spiro atoms. The Morgan fingerprint density at radius 2 is 1.06 bits per heavy atom. The van der Waals surface area contributed by atoms with Crippen LogP contribution in [-0.4, -0.2) is 4.57 Å². The maximum absolute atomic E-state index is 6.53. The first kappa shape index (κ1) is 27.5. The van der Waals surface area contributed by atoms with Crippen LogP contribution in [0.4, 0.5) is 17.1 Å². The molecule has 3 nitrogen and oxygen atoms in total. The summed E-state index contributed by atoms with van der Waals surface area (Å²) in [6.07, 6.45) is 0. The Morgan fingerprint density at radius 1 is 0.429 bits per heavy atom. The molecule has 0 amide bonds. The van der Waals surface area contributed by atoms with E-state index in [-0.39, 0.29) is 0 Å². The molecule has 10 rings (SSSR count). The smallest absolute Gasteiger partial charge is 0.143 e. The topological polar surface area (TPSA) is 21.3 Å². The average molecular weight is 627 g/mol. The van der Waals surface area contributed by atoms with Crippen molar-refractivity contribution in [2.75, 3.05) is 4.90 Å². The number of benzene rings is 8. The lowest BCUT2D eigenvalue weighted by atomic mass is 9.97. The monoisotopic (exact) mass is 626 g/mol. The molecule has 0 radical (unpaired) electrons. The van der Waals surface area contributed by atoms with Gasteiger partial charge in [0.15, 0.2) is 0 Å². The summed E-state index contributed by atoms with van der Waals surface area (Å²) in [6.45, 7) is 0. The third kappa shape index (κ3) is 4.37. The van der Waals surface area contributed by atoms with Gasteiger partial charge in [0.05, 0.1) is 11.0 Å². The van der Waals surface area contributed by atoms with Gasteiger partial charge in [-0.3, -0.25) is 0 Å². The van der Waals surface area contributed by atoms with Crippen LogP contribution in [0.15, 0.2) is 186 Å². The van der Waals surface area contributed by atoms with E-state index in [1.165, 1.54) is 27.2 Å². The Kier molecular flexibility index (Phi) is 6.18. The van der Waals surface area contributed by atoms with Crippen LogP contribution >= 0.6 is 0 Å². The molecule has 0 aliphatic heterocycles. The van der Waals surface area contributed by atoms with Gasteiger partial charge in [-0.2, -0.15) is 0 Å². The molecule has 0 bridgehead atoms. The molecule has 0 aliphatic carbocycles. The van der Waals surface area contributed by atoms with Gasteiger partial charge < -0.3 is 13.9 Å². The highest BCUT2D eigenvalue weighted by Gasteiger charge is 2.18. The third-order valence-corrected chi connectivity index (χ3v) is 9.76. The van der Waals surface area contributed by atoms with E-state index in [4.69, 9.17) is 4.42 Å². The van der Waals surface area contributed by atoms with E-state index >= 15 is 0 Å². The molecule has 0 saturated heterocycles. The third-order valence-electron chi connectivity index (χ3n) is 9.76. The van der Waals surface area contributed by atoms with Gasteiger partial charge in [-0.05, 0) is 89.3 Å². The summed E-state index contributed by atoms with van der Waals surface area (Å²) in [5, 5.41) is 7.12. The molecule has 230 valence electrons. The molecule has 0 saturated carbocycles. The van der Waals surface area contributed by atoms with Gasteiger partial charge in [0, 0.05) is 49.7 Å². The second kappa shape index (κ2) is 11.0. The standard InChI is InChI=1S/C46H30N2O/c1-2-14-33(15-3-1)47(34-25-27-35(28-26-34)48-42-21-8-6-18-39(42)40-19-7-9-22-43(40)48)36-16-10-13-32(30-36)37-20-11-23-44-45(37)41-29-24-31-12-4-5-17-38(31)46(41)49-44/h1-30H. The first-order chi connectivity index (χ1) is 24.3. The summed E-state index contributed by atoms with van der Waals surface area (Å²) in [5.74, 6) is 0. The number of aromatic nitrogens is 1. The van der Waals surface area contributed by atoms with Crippen LogP contribution < -0.4 is 4.90 Å². The van der Waals surface area contributed by atoms with E-state index in [1.54, 1.807) is 0 Å². The summed E-state index contributed by atoms with van der Waals surface area (Å²) in [5.41, 5.74) is 11.0. The van der Waals surface area contributed by atoms with Gasteiger partial charge in [-0.25, -0.2) is 0 Å². The first-order valence-electron chi connectivity index (χ1n) is 16.7. The van der Waals surface area contributed by atoms with Crippen LogP contribution in [0.3, 0.4) is 0 Å². The summed E-state index contributed by atoms with van der Waals surface area (Å²) in [7, 11) is 0. The van der Waals surface area contributed by atoms with Crippen molar-refractivity contribution in [1.29, 1.82) is 0 Å². The molecule has 8 aromatic carbocycles. The largest absolute Gasteiger partial charge is 0.455 e. The highest BCUT2D eigenvalue weighted by atomic mass is 16.3. The summed E-state index contributed by atoms with van der Waals surface area (Å²) >= 11 is 0. The zero-order valence-electron chi connectivity index (χ0n) is 26.6. The lowest BCUT2D eigenvalue weighted by Crippen LogP contribution is -2.10. The maximum Gasteiger partial charge on any atom is 0.143 e. The van der Waals surface area contributed by atoms with Crippen molar-refractivity contribution in [1.82, 2.24) is 4.57 Å². The fourth-order valence-corrected chi connectivity index (χ4v) is 7.58. The number of para-hydroxylation sites is 3. The molecule has 0 unspecified atom stereocenters. The highest BCUT2D eigenvalue weighted by molar-refractivity contribution is 6.19. The number of furan rings is 1. The Labute approximate surface area is 283 Å². The summed E-state index contributed by atoms with van der Waals surface area (Å²) in [4.78, 5) is 2.33. The minimum atomic E-state index is 0.898. The van der Waals surface area contributed by atoms with Crippen molar-refractivity contribution in [3.05, 3.63) is 182 Å². The average Bonchev–Trinajstić information content (AvgIpc) is 3.72. The van der Waals surface area contributed by atoms with E-state index in [0.717, 1.165) is 61.2 Å². The zero-order chi connectivity index (χ0) is 32.3.